The number of fused-ring (bicyclic) bond motifs is 1. The third-order valence-corrected chi connectivity index (χ3v) is 7.60. The molecule has 3 aromatic rings. The molecule has 1 N–H and O–H groups in total. The van der Waals surface area contributed by atoms with Gasteiger partial charge in [0, 0.05) is 42.8 Å². The molecule has 152 valence electrons. The highest BCUT2D eigenvalue weighted by molar-refractivity contribution is 7.89. The summed E-state index contributed by atoms with van der Waals surface area (Å²) in [6.07, 6.45) is 4.74. The van der Waals surface area contributed by atoms with E-state index >= 15 is 0 Å². The zero-order valence-electron chi connectivity index (χ0n) is 16.7. The Balaban J connectivity index is 1.65. The van der Waals surface area contributed by atoms with E-state index in [0.717, 1.165) is 30.2 Å². The van der Waals surface area contributed by atoms with Crippen LogP contribution < -0.4 is 5.32 Å². The molecule has 2 aromatic carbocycles. The van der Waals surface area contributed by atoms with Crippen molar-refractivity contribution in [3.63, 3.8) is 0 Å². The van der Waals surface area contributed by atoms with Crippen LogP contribution in [0.2, 0.25) is 0 Å². The van der Waals surface area contributed by atoms with Crippen molar-refractivity contribution in [3.05, 3.63) is 59.8 Å². The Hall–Kier alpha value is -2.64. The van der Waals surface area contributed by atoms with Crippen molar-refractivity contribution >= 4 is 32.5 Å². The number of hydrogen-bond acceptors (Lipinski definition) is 3. The van der Waals surface area contributed by atoms with Crippen molar-refractivity contribution in [2.24, 2.45) is 7.05 Å². The summed E-state index contributed by atoms with van der Waals surface area (Å²) in [4.78, 5) is 13.1. The molecule has 0 radical (unpaired) electrons. The van der Waals surface area contributed by atoms with Gasteiger partial charge in [-0.05, 0) is 55.7 Å². The number of rotatable bonds is 4. The molecule has 1 fully saturated rings. The lowest BCUT2D eigenvalue weighted by atomic mass is 10.1. The quantitative estimate of drug-likeness (QED) is 0.707. The molecule has 0 aliphatic carbocycles. The highest BCUT2D eigenvalue weighted by Crippen LogP contribution is 2.27. The molecular formula is C22H25N3O3S. The fraction of sp³-hybridized carbons (Fsp3) is 0.318. The minimum atomic E-state index is -3.60. The largest absolute Gasteiger partial charge is 0.350 e. The highest BCUT2D eigenvalue weighted by Gasteiger charge is 2.28. The van der Waals surface area contributed by atoms with Crippen LogP contribution in [0.5, 0.6) is 0 Å². The molecule has 6 nitrogen and oxygen atoms in total. The summed E-state index contributed by atoms with van der Waals surface area (Å²) in [6, 6.07) is 12.5. The average molecular weight is 412 g/mol. The van der Waals surface area contributed by atoms with Crippen molar-refractivity contribution in [2.75, 3.05) is 18.4 Å². The summed E-state index contributed by atoms with van der Waals surface area (Å²) in [7, 11) is -1.65. The van der Waals surface area contributed by atoms with E-state index in [1.54, 1.807) is 19.1 Å². The zero-order valence-corrected chi connectivity index (χ0v) is 17.5. The molecule has 2 heterocycles. The van der Waals surface area contributed by atoms with E-state index in [1.807, 2.05) is 42.1 Å². The molecule has 0 atom stereocenters. The molecule has 29 heavy (non-hydrogen) atoms. The maximum Gasteiger partial charge on any atom is 0.255 e. The van der Waals surface area contributed by atoms with Gasteiger partial charge in [0.15, 0.2) is 0 Å². The predicted octanol–water partition coefficient (Wildman–Crippen LogP) is 3.91. The van der Waals surface area contributed by atoms with Gasteiger partial charge in [-0.15, -0.1) is 0 Å². The molecule has 0 spiro atoms. The van der Waals surface area contributed by atoms with Crippen LogP contribution in [-0.4, -0.2) is 36.3 Å². The first-order valence-corrected chi connectivity index (χ1v) is 11.3. The number of piperidine rings is 1. The Bertz CT molecular complexity index is 1180. The lowest BCUT2D eigenvalue weighted by Crippen LogP contribution is -2.36. The molecule has 1 amide bonds. The number of amides is 1. The summed E-state index contributed by atoms with van der Waals surface area (Å²) in [5, 5.41) is 3.87. The number of carbonyl (C=O) groups is 1. The van der Waals surface area contributed by atoms with Crippen LogP contribution in [0.25, 0.3) is 10.9 Å². The minimum Gasteiger partial charge on any atom is -0.350 e. The number of aryl methyl sites for hydroxylation is 2. The maximum atomic E-state index is 13.1. The molecule has 1 aliphatic heterocycles. The van der Waals surface area contributed by atoms with Gasteiger partial charge in [-0.1, -0.05) is 18.6 Å². The van der Waals surface area contributed by atoms with E-state index in [-0.39, 0.29) is 10.8 Å². The van der Waals surface area contributed by atoms with Gasteiger partial charge in [0.05, 0.1) is 10.6 Å². The van der Waals surface area contributed by atoms with Crippen molar-refractivity contribution in [1.29, 1.82) is 0 Å². The van der Waals surface area contributed by atoms with Crippen molar-refractivity contribution < 1.29 is 13.2 Å². The second-order valence-corrected chi connectivity index (χ2v) is 9.47. The fourth-order valence-corrected chi connectivity index (χ4v) is 5.64. The number of carbonyl (C=O) groups excluding carboxylic acids is 1. The van der Waals surface area contributed by atoms with Gasteiger partial charge in [0.2, 0.25) is 10.0 Å². The Labute approximate surface area is 171 Å². The van der Waals surface area contributed by atoms with E-state index in [4.69, 9.17) is 0 Å². The maximum absolute atomic E-state index is 13.1. The van der Waals surface area contributed by atoms with E-state index < -0.39 is 10.0 Å². The van der Waals surface area contributed by atoms with E-state index in [1.165, 1.54) is 10.4 Å². The third kappa shape index (κ3) is 3.68. The summed E-state index contributed by atoms with van der Waals surface area (Å²) < 4.78 is 29.7. The Morgan fingerprint density at radius 1 is 1.03 bits per heavy atom. The predicted molar refractivity (Wildman–Crippen MR) is 115 cm³/mol. The van der Waals surface area contributed by atoms with Gasteiger partial charge < -0.3 is 9.88 Å². The van der Waals surface area contributed by atoms with Crippen LogP contribution in [0.3, 0.4) is 0 Å². The highest BCUT2D eigenvalue weighted by atomic mass is 32.2. The lowest BCUT2D eigenvalue weighted by molar-refractivity contribution is 0.102. The van der Waals surface area contributed by atoms with E-state index in [9.17, 15) is 13.2 Å². The van der Waals surface area contributed by atoms with Gasteiger partial charge in [-0.25, -0.2) is 8.42 Å². The Morgan fingerprint density at radius 3 is 2.55 bits per heavy atom. The molecule has 4 rings (SSSR count). The number of nitrogens with zero attached hydrogens (tertiary/aromatic N) is 2. The van der Waals surface area contributed by atoms with Crippen LogP contribution >= 0.6 is 0 Å². The summed E-state index contributed by atoms with van der Waals surface area (Å²) in [6.45, 7) is 2.84. The number of hydrogen-bond donors (Lipinski definition) is 1. The van der Waals surface area contributed by atoms with Crippen LogP contribution in [0, 0.1) is 6.92 Å². The number of benzene rings is 2. The van der Waals surface area contributed by atoms with Crippen LogP contribution in [0.4, 0.5) is 5.69 Å². The van der Waals surface area contributed by atoms with E-state index in [2.05, 4.69) is 5.32 Å². The molecule has 7 heteroatoms. The molecule has 1 aliphatic rings. The van der Waals surface area contributed by atoms with Crippen molar-refractivity contribution in [3.8, 4) is 0 Å². The third-order valence-electron chi connectivity index (χ3n) is 5.56. The summed E-state index contributed by atoms with van der Waals surface area (Å²) in [5.74, 6) is -0.323. The van der Waals surface area contributed by atoms with Crippen molar-refractivity contribution in [1.82, 2.24) is 8.87 Å². The monoisotopic (exact) mass is 411 g/mol. The SMILES string of the molecule is Cc1ccc(C(=O)Nc2cccc3c2ccn3C)cc1S(=O)(=O)N1CCCCC1. The molecule has 0 saturated carbocycles. The van der Waals surface area contributed by atoms with Gasteiger partial charge in [0.1, 0.15) is 0 Å². The Kier molecular flexibility index (Phi) is 5.19. The van der Waals surface area contributed by atoms with Gasteiger partial charge in [-0.2, -0.15) is 4.31 Å². The summed E-state index contributed by atoms with van der Waals surface area (Å²) in [5.41, 5.74) is 2.70. The number of anilines is 1. The molecular weight excluding hydrogens is 386 g/mol. The van der Waals surface area contributed by atoms with Gasteiger partial charge in [-0.3, -0.25) is 4.79 Å². The van der Waals surface area contributed by atoms with Crippen LogP contribution in [-0.2, 0) is 17.1 Å². The van der Waals surface area contributed by atoms with Gasteiger partial charge in [0.25, 0.3) is 5.91 Å². The minimum absolute atomic E-state index is 0.213. The summed E-state index contributed by atoms with van der Waals surface area (Å²) >= 11 is 0. The van der Waals surface area contributed by atoms with Crippen LogP contribution in [0.1, 0.15) is 35.2 Å². The smallest absolute Gasteiger partial charge is 0.255 e. The normalized spacial score (nSPS) is 15.5. The number of sulfonamides is 1. The lowest BCUT2D eigenvalue weighted by Gasteiger charge is -2.26. The number of aromatic nitrogens is 1. The average Bonchev–Trinajstić information content (AvgIpc) is 3.11. The van der Waals surface area contributed by atoms with Crippen LogP contribution in [0.15, 0.2) is 53.6 Å². The topological polar surface area (TPSA) is 71.4 Å². The first-order valence-electron chi connectivity index (χ1n) is 9.84. The van der Waals surface area contributed by atoms with Crippen molar-refractivity contribution in [2.45, 2.75) is 31.1 Å². The number of nitrogens with one attached hydrogen (secondary N) is 1. The van der Waals surface area contributed by atoms with E-state index in [0.29, 0.717) is 29.9 Å². The first kappa shape index (κ1) is 19.7. The standard InChI is InChI=1S/C22H25N3O3S/c1-16-9-10-17(15-21(16)29(27,28)25-12-4-3-5-13-25)22(26)23-19-7-6-8-20-18(19)11-14-24(20)2/h6-11,14-15H,3-5,12-13H2,1-2H3,(H,23,26). The molecule has 0 bridgehead atoms. The first-order chi connectivity index (χ1) is 13.9. The second-order valence-electron chi connectivity index (χ2n) is 7.56. The molecule has 1 aromatic heterocycles. The molecule has 1 saturated heterocycles. The Morgan fingerprint density at radius 2 is 1.79 bits per heavy atom. The fourth-order valence-electron chi connectivity index (χ4n) is 3.87. The second kappa shape index (κ2) is 7.65. The molecule has 0 unspecified atom stereocenters. The van der Waals surface area contributed by atoms with Gasteiger partial charge >= 0.3 is 0 Å². The zero-order chi connectivity index (χ0) is 20.6.